The van der Waals surface area contributed by atoms with Gasteiger partial charge in [-0.3, -0.25) is 9.48 Å². The normalized spacial score (nSPS) is 24.0. The Labute approximate surface area is 134 Å². The van der Waals surface area contributed by atoms with Crippen molar-refractivity contribution in [1.82, 2.24) is 9.78 Å². The fraction of sp³-hybridized carbons (Fsp3) is 0.467. The van der Waals surface area contributed by atoms with Gasteiger partial charge in [0.1, 0.15) is 6.61 Å². The van der Waals surface area contributed by atoms with Crippen LogP contribution in [0.2, 0.25) is 0 Å². The van der Waals surface area contributed by atoms with Gasteiger partial charge in [0.05, 0.1) is 11.8 Å². The van der Waals surface area contributed by atoms with Gasteiger partial charge in [-0.15, -0.1) is 11.3 Å². The van der Waals surface area contributed by atoms with E-state index < -0.39 is 36.0 Å². The summed E-state index contributed by atoms with van der Waals surface area (Å²) in [7, 11) is 1.71. The summed E-state index contributed by atoms with van der Waals surface area (Å²) in [4.78, 5) is 12.7. The van der Waals surface area contributed by atoms with Gasteiger partial charge >= 0.3 is 6.18 Å². The summed E-state index contributed by atoms with van der Waals surface area (Å²) in [5.41, 5.74) is 0.0515. The molecule has 0 saturated heterocycles. The lowest BCUT2D eigenvalue weighted by Crippen LogP contribution is -2.09. The second kappa shape index (κ2) is 5.45. The van der Waals surface area contributed by atoms with Crippen molar-refractivity contribution in [2.24, 2.45) is 13.0 Å². The number of hydrogen-bond donors (Lipinski definition) is 1. The number of hydrogen-bond acceptors (Lipinski definition) is 4. The molecule has 23 heavy (non-hydrogen) atoms. The van der Waals surface area contributed by atoms with E-state index in [0.717, 1.165) is 23.0 Å². The number of aliphatic hydroxyl groups is 1. The largest absolute Gasteiger partial charge is 0.417 e. The van der Waals surface area contributed by atoms with Crippen LogP contribution in [-0.2, 0) is 18.0 Å². The third-order valence-corrected chi connectivity index (χ3v) is 5.30. The second-order valence-corrected chi connectivity index (χ2v) is 7.07. The van der Waals surface area contributed by atoms with Gasteiger partial charge < -0.3 is 5.11 Å². The molecule has 1 fully saturated rings. The number of Topliss-reactive ketones (excluding diaryl/α,β-unsaturated/α-hetero) is 1. The lowest BCUT2D eigenvalue weighted by Gasteiger charge is -2.07. The molecule has 0 radical (unpaired) electrons. The van der Waals surface area contributed by atoms with Crippen molar-refractivity contribution < 1.29 is 23.1 Å². The zero-order valence-electron chi connectivity index (χ0n) is 12.5. The Morgan fingerprint density at radius 1 is 1.43 bits per heavy atom. The first-order valence-corrected chi connectivity index (χ1v) is 7.85. The molecule has 2 aromatic heterocycles. The van der Waals surface area contributed by atoms with Crippen LogP contribution in [0.25, 0.3) is 0 Å². The number of aliphatic hydroxyl groups excluding tert-OH is 1. The molecule has 1 aliphatic rings. The smallest absolute Gasteiger partial charge is 0.389 e. The molecule has 4 nitrogen and oxygen atoms in total. The second-order valence-electron chi connectivity index (χ2n) is 5.78. The number of aromatic nitrogens is 2. The average Bonchev–Trinajstić information content (AvgIpc) is 2.82. The van der Waals surface area contributed by atoms with E-state index >= 15 is 0 Å². The first-order chi connectivity index (χ1) is 10.7. The van der Waals surface area contributed by atoms with Gasteiger partial charge in [-0.25, -0.2) is 0 Å². The first-order valence-electron chi connectivity index (χ1n) is 7.03. The number of alkyl halides is 3. The maximum absolute atomic E-state index is 13.2. The zero-order valence-corrected chi connectivity index (χ0v) is 13.3. The van der Waals surface area contributed by atoms with Crippen LogP contribution < -0.4 is 0 Å². The van der Waals surface area contributed by atoms with Gasteiger partial charge in [-0.05, 0) is 18.6 Å². The minimum absolute atomic E-state index is 0.177. The molecular weight excluding hydrogens is 329 g/mol. The predicted octanol–water partition coefficient (Wildman–Crippen LogP) is 2.87. The van der Waals surface area contributed by atoms with E-state index in [4.69, 9.17) is 5.11 Å². The van der Waals surface area contributed by atoms with Crippen LogP contribution in [0.5, 0.6) is 0 Å². The first kappa shape index (κ1) is 16.2. The van der Waals surface area contributed by atoms with Crippen molar-refractivity contribution in [3.8, 4) is 0 Å². The molecule has 3 rings (SSSR count). The van der Waals surface area contributed by atoms with Gasteiger partial charge in [-0.1, -0.05) is 0 Å². The summed E-state index contributed by atoms with van der Waals surface area (Å²) in [6.07, 6.45) is -1.18. The molecule has 1 N–H and O–H groups in total. The van der Waals surface area contributed by atoms with Crippen molar-refractivity contribution >= 4 is 17.1 Å². The SMILES string of the molecule is Cc1cc(C(F)(F)F)c([C@H]2[C@@H](C(=O)CO)[C@@H]2c2cnn(C)c2)s1. The highest BCUT2D eigenvalue weighted by Gasteiger charge is 2.58. The predicted molar refractivity (Wildman–Crippen MR) is 78.3 cm³/mol. The summed E-state index contributed by atoms with van der Waals surface area (Å²) in [5, 5.41) is 13.2. The Kier molecular flexibility index (Phi) is 3.84. The van der Waals surface area contributed by atoms with Crippen molar-refractivity contribution in [3.63, 3.8) is 0 Å². The van der Waals surface area contributed by atoms with Crippen LogP contribution in [0.1, 0.15) is 32.7 Å². The summed E-state index contributed by atoms with van der Waals surface area (Å²) in [6.45, 7) is 0.956. The maximum Gasteiger partial charge on any atom is 0.417 e. The van der Waals surface area contributed by atoms with Crippen LogP contribution in [0.4, 0.5) is 13.2 Å². The summed E-state index contributed by atoms with van der Waals surface area (Å²) >= 11 is 1.07. The molecule has 0 bridgehead atoms. The number of carbonyl (C=O) groups excluding carboxylic acids is 1. The van der Waals surface area contributed by atoms with Crippen molar-refractivity contribution in [1.29, 1.82) is 0 Å². The van der Waals surface area contributed by atoms with Crippen LogP contribution in [0.3, 0.4) is 0 Å². The number of aryl methyl sites for hydroxylation is 2. The minimum atomic E-state index is -4.45. The molecule has 0 unspecified atom stereocenters. The Bertz CT molecular complexity index is 750. The van der Waals surface area contributed by atoms with E-state index in [1.165, 1.54) is 0 Å². The Hall–Kier alpha value is -1.67. The standard InChI is InChI=1S/C15H15F3N2O2S/c1-7-3-9(15(16,17)18)14(23-7)13-11(12(13)10(22)6-21)8-4-19-20(2)5-8/h3-5,11-13,21H,6H2,1-2H3/t11-,12-,13+/m0/s1. The van der Waals surface area contributed by atoms with Crippen LogP contribution in [0.15, 0.2) is 18.5 Å². The number of ketones is 1. The number of rotatable bonds is 4. The lowest BCUT2D eigenvalue weighted by molar-refractivity contribution is -0.138. The minimum Gasteiger partial charge on any atom is -0.389 e. The van der Waals surface area contributed by atoms with Crippen molar-refractivity contribution in [2.45, 2.75) is 24.9 Å². The average molecular weight is 344 g/mol. The summed E-state index contributed by atoms with van der Waals surface area (Å²) < 4.78 is 41.3. The molecule has 2 aromatic rings. The molecule has 0 spiro atoms. The van der Waals surface area contributed by atoms with Crippen molar-refractivity contribution in [2.75, 3.05) is 6.61 Å². The third-order valence-electron chi connectivity index (χ3n) is 4.15. The number of halogens is 3. The molecule has 1 saturated carbocycles. The fourth-order valence-electron chi connectivity index (χ4n) is 3.17. The van der Waals surface area contributed by atoms with E-state index in [0.29, 0.717) is 4.88 Å². The van der Waals surface area contributed by atoms with Gasteiger partial charge in [0.2, 0.25) is 0 Å². The molecule has 0 aliphatic heterocycles. The van der Waals surface area contributed by atoms with Gasteiger partial charge in [0.25, 0.3) is 0 Å². The highest BCUT2D eigenvalue weighted by atomic mass is 32.1. The monoisotopic (exact) mass is 344 g/mol. The molecule has 124 valence electrons. The molecule has 1 aliphatic carbocycles. The van der Waals surface area contributed by atoms with Gasteiger partial charge in [-0.2, -0.15) is 18.3 Å². The Balaban J connectivity index is 2.02. The van der Waals surface area contributed by atoms with Gasteiger partial charge in [0, 0.05) is 40.8 Å². The lowest BCUT2D eigenvalue weighted by atomic mass is 10.1. The van der Waals surface area contributed by atoms with Crippen LogP contribution in [0, 0.1) is 12.8 Å². The van der Waals surface area contributed by atoms with Gasteiger partial charge in [0.15, 0.2) is 5.78 Å². The Morgan fingerprint density at radius 2 is 2.13 bits per heavy atom. The molecule has 0 aromatic carbocycles. The molecule has 8 heteroatoms. The third kappa shape index (κ3) is 2.81. The Morgan fingerprint density at radius 3 is 2.65 bits per heavy atom. The quantitative estimate of drug-likeness (QED) is 0.928. The molecule has 0 amide bonds. The summed E-state index contributed by atoms with van der Waals surface area (Å²) in [5.74, 6) is -1.96. The van der Waals surface area contributed by atoms with E-state index in [1.807, 2.05) is 0 Å². The van der Waals surface area contributed by atoms with E-state index in [-0.39, 0.29) is 10.8 Å². The fourth-order valence-corrected chi connectivity index (χ4v) is 4.41. The molecule has 3 atom stereocenters. The molecular formula is C15H15F3N2O2S. The van der Waals surface area contributed by atoms with Crippen LogP contribution in [-0.4, -0.2) is 27.3 Å². The molecule has 2 heterocycles. The van der Waals surface area contributed by atoms with Crippen molar-refractivity contribution in [3.05, 3.63) is 39.3 Å². The highest BCUT2D eigenvalue weighted by Crippen LogP contribution is 2.63. The zero-order chi connectivity index (χ0) is 16.9. The highest BCUT2D eigenvalue weighted by molar-refractivity contribution is 7.12. The number of nitrogens with zero attached hydrogens (tertiary/aromatic N) is 2. The number of carbonyl (C=O) groups is 1. The van der Waals surface area contributed by atoms with E-state index in [1.54, 1.807) is 31.0 Å². The van der Waals surface area contributed by atoms with Crippen LogP contribution >= 0.6 is 11.3 Å². The number of thiophene rings is 1. The van der Waals surface area contributed by atoms with E-state index in [2.05, 4.69) is 5.10 Å². The maximum atomic E-state index is 13.2. The van der Waals surface area contributed by atoms with E-state index in [9.17, 15) is 18.0 Å². The topological polar surface area (TPSA) is 55.1 Å². The summed E-state index contributed by atoms with van der Waals surface area (Å²) in [6, 6.07) is 1.12.